The van der Waals surface area contributed by atoms with E-state index in [1.807, 2.05) is 30.5 Å². The maximum absolute atomic E-state index is 12.3. The molecule has 0 spiro atoms. The van der Waals surface area contributed by atoms with Crippen molar-refractivity contribution in [2.75, 3.05) is 0 Å². The third kappa shape index (κ3) is 2.47. The number of hydrogen-bond donors (Lipinski definition) is 3. The molecule has 4 rings (SSSR count). The molecule has 1 aliphatic carbocycles. The smallest absolute Gasteiger partial charge is 0.243 e. The predicted molar refractivity (Wildman–Crippen MR) is 83.2 cm³/mol. The van der Waals surface area contributed by atoms with Gasteiger partial charge >= 0.3 is 0 Å². The van der Waals surface area contributed by atoms with Crippen molar-refractivity contribution in [3.05, 3.63) is 36.0 Å². The van der Waals surface area contributed by atoms with Crippen LogP contribution in [0.1, 0.15) is 24.8 Å². The molecule has 1 saturated heterocycles. The standard InChI is InChI=1S/C17H19N3O2/c21-16-14(7-10-5-6-10)19-17(22)15(20-16)8-11-9-18-13-4-2-1-3-12(11)13/h1-4,9-10,14-15,18H,5-8H2,(H,19,22)(H,20,21)/t14-,15+/m0/s1. The molecule has 0 radical (unpaired) electrons. The molecule has 0 bridgehead atoms. The van der Waals surface area contributed by atoms with Gasteiger partial charge in [-0.1, -0.05) is 31.0 Å². The lowest BCUT2D eigenvalue weighted by atomic mass is 9.99. The van der Waals surface area contributed by atoms with Crippen molar-refractivity contribution < 1.29 is 9.59 Å². The fourth-order valence-corrected chi connectivity index (χ4v) is 3.19. The van der Waals surface area contributed by atoms with Gasteiger partial charge in [-0.15, -0.1) is 0 Å². The van der Waals surface area contributed by atoms with Gasteiger partial charge in [0.15, 0.2) is 0 Å². The zero-order valence-corrected chi connectivity index (χ0v) is 12.3. The summed E-state index contributed by atoms with van der Waals surface area (Å²) in [6.45, 7) is 0. The van der Waals surface area contributed by atoms with Gasteiger partial charge in [-0.25, -0.2) is 0 Å². The highest BCUT2D eigenvalue weighted by atomic mass is 16.2. The largest absolute Gasteiger partial charge is 0.361 e. The van der Waals surface area contributed by atoms with Crippen LogP contribution in [0.3, 0.4) is 0 Å². The summed E-state index contributed by atoms with van der Waals surface area (Å²) in [5.74, 6) is 0.494. The van der Waals surface area contributed by atoms with E-state index in [1.54, 1.807) is 0 Å². The van der Waals surface area contributed by atoms with Gasteiger partial charge in [0.2, 0.25) is 11.8 Å². The SMILES string of the molecule is O=C1N[C@H](Cc2c[nH]c3ccccc23)C(=O)N[C@H]1CC1CC1. The molecule has 5 nitrogen and oxygen atoms in total. The summed E-state index contributed by atoms with van der Waals surface area (Å²) in [6, 6.07) is 7.15. The molecular formula is C17H19N3O2. The molecule has 1 aliphatic heterocycles. The minimum Gasteiger partial charge on any atom is -0.361 e. The Kier molecular flexibility index (Phi) is 3.13. The topological polar surface area (TPSA) is 74.0 Å². The number of carbonyl (C=O) groups is 2. The molecule has 0 unspecified atom stereocenters. The Morgan fingerprint density at radius 3 is 2.55 bits per heavy atom. The lowest BCUT2D eigenvalue weighted by Gasteiger charge is -2.29. The predicted octanol–water partition coefficient (Wildman–Crippen LogP) is 1.49. The van der Waals surface area contributed by atoms with E-state index in [2.05, 4.69) is 15.6 Å². The first kappa shape index (κ1) is 13.4. The van der Waals surface area contributed by atoms with E-state index in [1.165, 1.54) is 12.8 Å². The number of aromatic amines is 1. The van der Waals surface area contributed by atoms with Gasteiger partial charge in [0.05, 0.1) is 0 Å². The van der Waals surface area contributed by atoms with Crippen LogP contribution in [0.5, 0.6) is 0 Å². The Bertz CT molecular complexity index is 732. The molecule has 2 aromatic rings. The third-order valence-electron chi connectivity index (χ3n) is 4.63. The molecule has 22 heavy (non-hydrogen) atoms. The van der Waals surface area contributed by atoms with Crippen molar-refractivity contribution in [2.24, 2.45) is 5.92 Å². The van der Waals surface area contributed by atoms with Crippen LogP contribution in [0.4, 0.5) is 0 Å². The van der Waals surface area contributed by atoms with E-state index < -0.39 is 6.04 Å². The molecule has 1 aromatic carbocycles. The number of H-pyrrole nitrogens is 1. The van der Waals surface area contributed by atoms with E-state index in [-0.39, 0.29) is 17.9 Å². The first-order valence-electron chi connectivity index (χ1n) is 7.86. The van der Waals surface area contributed by atoms with E-state index in [0.717, 1.165) is 22.9 Å². The summed E-state index contributed by atoms with van der Waals surface area (Å²) in [5.41, 5.74) is 2.10. The van der Waals surface area contributed by atoms with Gasteiger partial charge in [-0.2, -0.15) is 0 Å². The second kappa shape index (κ2) is 5.16. The normalized spacial score (nSPS) is 25.1. The summed E-state index contributed by atoms with van der Waals surface area (Å²) in [4.78, 5) is 27.7. The van der Waals surface area contributed by atoms with Crippen molar-refractivity contribution >= 4 is 22.7 Å². The number of rotatable bonds is 4. The van der Waals surface area contributed by atoms with Gasteiger partial charge in [-0.3, -0.25) is 9.59 Å². The van der Waals surface area contributed by atoms with Crippen molar-refractivity contribution in [3.63, 3.8) is 0 Å². The summed E-state index contributed by atoms with van der Waals surface area (Å²) < 4.78 is 0. The van der Waals surface area contributed by atoms with Crippen LogP contribution in [-0.4, -0.2) is 28.9 Å². The minimum absolute atomic E-state index is 0.0451. The van der Waals surface area contributed by atoms with E-state index in [4.69, 9.17) is 0 Å². The zero-order valence-electron chi connectivity index (χ0n) is 12.3. The average Bonchev–Trinajstić information content (AvgIpc) is 3.24. The van der Waals surface area contributed by atoms with Crippen LogP contribution >= 0.6 is 0 Å². The van der Waals surface area contributed by atoms with Crippen LogP contribution in [0.2, 0.25) is 0 Å². The average molecular weight is 297 g/mol. The monoisotopic (exact) mass is 297 g/mol. The quantitative estimate of drug-likeness (QED) is 0.800. The van der Waals surface area contributed by atoms with Crippen LogP contribution in [0, 0.1) is 5.92 Å². The molecule has 2 atom stereocenters. The molecule has 1 aromatic heterocycles. The Morgan fingerprint density at radius 2 is 1.73 bits per heavy atom. The summed E-state index contributed by atoms with van der Waals surface area (Å²) in [6.07, 6.45) is 5.56. The Labute approximate surface area is 128 Å². The maximum atomic E-state index is 12.3. The molecule has 3 N–H and O–H groups in total. The number of benzene rings is 1. The summed E-state index contributed by atoms with van der Waals surface area (Å²) >= 11 is 0. The molecule has 2 heterocycles. The highest BCUT2D eigenvalue weighted by Gasteiger charge is 2.37. The summed E-state index contributed by atoms with van der Waals surface area (Å²) in [5, 5.41) is 6.88. The van der Waals surface area contributed by atoms with Gasteiger partial charge in [0, 0.05) is 23.5 Å². The zero-order chi connectivity index (χ0) is 15.1. The van der Waals surface area contributed by atoms with Gasteiger partial charge in [0.1, 0.15) is 12.1 Å². The number of aromatic nitrogens is 1. The Hall–Kier alpha value is -2.30. The van der Waals surface area contributed by atoms with Gasteiger partial charge in [-0.05, 0) is 24.0 Å². The Morgan fingerprint density at radius 1 is 1.00 bits per heavy atom. The molecule has 5 heteroatoms. The lowest BCUT2D eigenvalue weighted by Crippen LogP contribution is -2.62. The number of amides is 2. The number of hydrogen-bond acceptors (Lipinski definition) is 2. The molecule has 114 valence electrons. The van der Waals surface area contributed by atoms with Gasteiger partial charge < -0.3 is 15.6 Å². The fraction of sp³-hybridized carbons (Fsp3) is 0.412. The first-order chi connectivity index (χ1) is 10.7. The van der Waals surface area contributed by atoms with E-state index >= 15 is 0 Å². The highest BCUT2D eigenvalue weighted by molar-refractivity contribution is 5.97. The van der Waals surface area contributed by atoms with Crippen LogP contribution in [0.15, 0.2) is 30.5 Å². The fourth-order valence-electron chi connectivity index (χ4n) is 3.19. The number of fused-ring (bicyclic) bond motifs is 1. The second-order valence-corrected chi connectivity index (χ2v) is 6.37. The third-order valence-corrected chi connectivity index (χ3v) is 4.63. The highest BCUT2D eigenvalue weighted by Crippen LogP contribution is 2.34. The molecule has 2 amide bonds. The number of piperazine rings is 1. The van der Waals surface area contributed by atoms with Crippen molar-refractivity contribution in [3.8, 4) is 0 Å². The van der Waals surface area contributed by atoms with E-state index in [9.17, 15) is 9.59 Å². The van der Waals surface area contributed by atoms with Crippen LogP contribution in [0.25, 0.3) is 10.9 Å². The first-order valence-corrected chi connectivity index (χ1v) is 7.86. The Balaban J connectivity index is 1.49. The maximum Gasteiger partial charge on any atom is 0.243 e. The van der Waals surface area contributed by atoms with Crippen molar-refractivity contribution in [1.82, 2.24) is 15.6 Å². The summed E-state index contributed by atoms with van der Waals surface area (Å²) in [7, 11) is 0. The lowest BCUT2D eigenvalue weighted by molar-refractivity contribution is -0.137. The molecule has 2 fully saturated rings. The molecular weight excluding hydrogens is 278 g/mol. The van der Waals surface area contributed by atoms with Crippen molar-refractivity contribution in [2.45, 2.75) is 37.8 Å². The van der Waals surface area contributed by atoms with Crippen molar-refractivity contribution in [1.29, 1.82) is 0 Å². The molecule has 2 aliphatic rings. The minimum atomic E-state index is -0.484. The number of nitrogens with one attached hydrogen (secondary N) is 3. The van der Waals surface area contributed by atoms with Crippen LogP contribution in [-0.2, 0) is 16.0 Å². The number of carbonyl (C=O) groups excluding carboxylic acids is 2. The number of para-hydroxylation sites is 1. The van der Waals surface area contributed by atoms with Gasteiger partial charge in [0.25, 0.3) is 0 Å². The van der Waals surface area contributed by atoms with Crippen LogP contribution < -0.4 is 10.6 Å². The molecule has 1 saturated carbocycles. The van der Waals surface area contributed by atoms with E-state index in [0.29, 0.717) is 12.3 Å². The second-order valence-electron chi connectivity index (χ2n) is 6.37.